The lowest BCUT2D eigenvalue weighted by atomic mass is 9.98. The highest BCUT2D eigenvalue weighted by molar-refractivity contribution is 5.70. The first-order valence-corrected chi connectivity index (χ1v) is 27.8. The van der Waals surface area contributed by atoms with E-state index >= 15 is 0 Å². The van der Waals surface area contributed by atoms with Crippen LogP contribution in [-0.4, -0.2) is 142 Å². The monoisotopic (exact) mass is 1040 g/mol. The molecule has 2 aliphatic heterocycles. The Kier molecular flexibility index (Phi) is 40.0. The molecule has 11 atom stereocenters. The van der Waals surface area contributed by atoms with E-state index in [0.717, 1.165) is 77.0 Å². The molecular weight excluding hydrogens is 949 g/mol. The number of hydrogen-bond donors (Lipinski definition) is 7. The van der Waals surface area contributed by atoms with Crippen molar-refractivity contribution in [2.75, 3.05) is 26.4 Å². The van der Waals surface area contributed by atoms with Crippen LogP contribution in [0.5, 0.6) is 0 Å². The van der Waals surface area contributed by atoms with Crippen molar-refractivity contribution in [1.82, 2.24) is 0 Å². The molecule has 0 aromatic rings. The molecule has 422 valence electrons. The van der Waals surface area contributed by atoms with E-state index in [0.29, 0.717) is 12.8 Å². The van der Waals surface area contributed by atoms with Crippen molar-refractivity contribution in [3.63, 3.8) is 0 Å². The number of aliphatic hydroxyl groups is 7. The second-order valence-corrected chi connectivity index (χ2v) is 19.0. The molecule has 0 saturated carbocycles. The van der Waals surface area contributed by atoms with Crippen molar-refractivity contribution in [1.29, 1.82) is 0 Å². The molecule has 0 aliphatic carbocycles. The highest BCUT2D eigenvalue weighted by atomic mass is 16.7. The molecule has 4 unspecified atom stereocenters. The lowest BCUT2D eigenvalue weighted by molar-refractivity contribution is -0.332. The topological polar surface area (TPSA) is 231 Å². The van der Waals surface area contributed by atoms with Gasteiger partial charge in [0.05, 0.1) is 19.8 Å². The van der Waals surface area contributed by atoms with Gasteiger partial charge in [-0.25, -0.2) is 0 Å². The Morgan fingerprint density at radius 3 is 1.39 bits per heavy atom. The van der Waals surface area contributed by atoms with Crippen LogP contribution in [0.3, 0.4) is 0 Å². The lowest BCUT2D eigenvalue weighted by Crippen LogP contribution is -2.61. The smallest absolute Gasteiger partial charge is 0.306 e. The zero-order chi connectivity index (χ0) is 53.9. The minimum atomic E-state index is -1.78. The third-order valence-electron chi connectivity index (χ3n) is 12.6. The Morgan fingerprint density at radius 2 is 0.878 bits per heavy atom. The van der Waals surface area contributed by atoms with Crippen molar-refractivity contribution in [3.8, 4) is 0 Å². The second-order valence-electron chi connectivity index (χ2n) is 19.0. The van der Waals surface area contributed by atoms with Gasteiger partial charge in [0.2, 0.25) is 0 Å². The predicted octanol–water partition coefficient (Wildman–Crippen LogP) is 8.93. The van der Waals surface area contributed by atoms with E-state index in [1.807, 2.05) is 12.2 Å². The predicted molar refractivity (Wildman–Crippen MR) is 288 cm³/mol. The molecule has 15 heteroatoms. The van der Waals surface area contributed by atoms with Crippen molar-refractivity contribution in [2.24, 2.45) is 0 Å². The van der Waals surface area contributed by atoms with E-state index < -0.39 is 99.3 Å². The van der Waals surface area contributed by atoms with E-state index in [2.05, 4.69) is 98.9 Å². The second kappa shape index (κ2) is 44.5. The Labute approximate surface area is 443 Å². The van der Waals surface area contributed by atoms with Crippen molar-refractivity contribution in [2.45, 2.75) is 235 Å². The fourth-order valence-corrected chi connectivity index (χ4v) is 8.04. The summed E-state index contributed by atoms with van der Waals surface area (Å²) < 4.78 is 33.6. The molecule has 2 rings (SSSR count). The lowest BCUT2D eigenvalue weighted by Gasteiger charge is -2.42. The zero-order valence-corrected chi connectivity index (χ0v) is 44.8. The number of aliphatic hydroxyl groups excluding tert-OH is 7. The maximum Gasteiger partial charge on any atom is 0.306 e. The van der Waals surface area contributed by atoms with E-state index in [-0.39, 0.29) is 19.4 Å². The number of hydrogen-bond acceptors (Lipinski definition) is 15. The Bertz CT molecular complexity index is 1650. The standard InChI is InChI=1S/C59H96O15/c1-3-5-7-9-11-13-15-17-19-21-23-25-27-29-31-33-35-37-39-41-50(61)69-44-47(72-51(62)42-40-38-36-34-32-30-28-26-24-22-20-18-16-14-12-10-8-6-4-2)45-70-58-57(68)55(66)53(64)49(74-58)46-71-59-56(67)54(65)52(63)48(43-60)73-59/h5,7,11-14,17-20,23,25,29,31,35,37,47-49,52-60,63-68H,3-4,6,8-10,15-16,21-22,24,26-28,30,32-34,36,38-46H2,1-2H3/b7-5+,13-11+,14-12+,19-17+,20-18+,25-23+,31-29+,37-35+/t47-,48+,49+,52-,53-,54?,55?,56?,57?,58+,59+/m0/s1. The van der Waals surface area contributed by atoms with Crippen LogP contribution in [0.25, 0.3) is 0 Å². The first-order valence-electron chi connectivity index (χ1n) is 27.8. The summed E-state index contributed by atoms with van der Waals surface area (Å²) in [6, 6.07) is 0. The number of allylic oxidation sites excluding steroid dienone is 16. The number of carbonyl (C=O) groups is 2. The van der Waals surface area contributed by atoms with Crippen LogP contribution in [0.1, 0.15) is 168 Å². The van der Waals surface area contributed by atoms with Gasteiger partial charge < -0.3 is 64.2 Å². The summed E-state index contributed by atoms with van der Waals surface area (Å²) in [5, 5.41) is 72.2. The van der Waals surface area contributed by atoms with E-state index in [1.165, 1.54) is 51.4 Å². The van der Waals surface area contributed by atoms with Gasteiger partial charge in [0, 0.05) is 12.8 Å². The Hall–Kier alpha value is -3.58. The van der Waals surface area contributed by atoms with Crippen molar-refractivity contribution >= 4 is 11.9 Å². The number of ether oxygens (including phenoxy) is 6. The summed E-state index contributed by atoms with van der Waals surface area (Å²) >= 11 is 0. The largest absolute Gasteiger partial charge is 0.462 e. The van der Waals surface area contributed by atoms with Crippen LogP contribution in [0, 0.1) is 0 Å². The third-order valence-corrected chi connectivity index (χ3v) is 12.6. The Balaban J connectivity index is 1.81. The minimum Gasteiger partial charge on any atom is -0.462 e. The molecule has 2 aliphatic rings. The van der Waals surface area contributed by atoms with Gasteiger partial charge >= 0.3 is 11.9 Å². The quantitative estimate of drug-likeness (QED) is 0.0172. The first-order chi connectivity index (χ1) is 36.0. The number of rotatable bonds is 42. The highest BCUT2D eigenvalue weighted by Gasteiger charge is 2.47. The van der Waals surface area contributed by atoms with Gasteiger partial charge in [0.1, 0.15) is 55.4 Å². The summed E-state index contributed by atoms with van der Waals surface area (Å²) in [5.74, 6) is -1.03. The van der Waals surface area contributed by atoms with Crippen LogP contribution < -0.4 is 0 Å². The van der Waals surface area contributed by atoms with Gasteiger partial charge in [-0.3, -0.25) is 9.59 Å². The van der Waals surface area contributed by atoms with E-state index in [1.54, 1.807) is 0 Å². The fraction of sp³-hybridized carbons (Fsp3) is 0.695. The molecule has 0 amide bonds. The van der Waals surface area contributed by atoms with Gasteiger partial charge in [0.15, 0.2) is 18.7 Å². The van der Waals surface area contributed by atoms with E-state index in [4.69, 9.17) is 28.4 Å². The molecule has 0 bridgehead atoms. The zero-order valence-electron chi connectivity index (χ0n) is 44.8. The van der Waals surface area contributed by atoms with Crippen LogP contribution in [0.4, 0.5) is 0 Å². The number of esters is 2. The molecule has 2 heterocycles. The maximum absolute atomic E-state index is 13.1. The SMILES string of the molecule is CC/C=C/C/C=C/C/C=C/C/C=C/C/C=C/C/C=C/CCC(=O)OC[C@@H](CO[C@@H]1O[C@H](CO[C@@H]2O[C@H](CO)[C@H](O)C(O)C2O)[C@H](O)C(O)C1O)OC(=O)CCCCCCCCCCC/C=C/C/C=C/CCCCC. The summed E-state index contributed by atoms with van der Waals surface area (Å²) in [6.07, 6.45) is 40.1. The van der Waals surface area contributed by atoms with Crippen LogP contribution in [0.15, 0.2) is 97.2 Å². The van der Waals surface area contributed by atoms with Crippen LogP contribution >= 0.6 is 0 Å². The highest BCUT2D eigenvalue weighted by Crippen LogP contribution is 2.26. The van der Waals surface area contributed by atoms with Gasteiger partial charge in [-0.15, -0.1) is 0 Å². The molecule has 7 N–H and O–H groups in total. The maximum atomic E-state index is 13.1. The molecule has 2 saturated heterocycles. The number of unbranched alkanes of at least 4 members (excludes halogenated alkanes) is 12. The molecular formula is C59H96O15. The third kappa shape index (κ3) is 31.5. The fourth-order valence-electron chi connectivity index (χ4n) is 8.04. The summed E-state index contributed by atoms with van der Waals surface area (Å²) in [5.41, 5.74) is 0. The normalized spacial score (nSPS) is 25.4. The van der Waals surface area contributed by atoms with Gasteiger partial charge in [-0.1, -0.05) is 169 Å². The molecule has 0 spiro atoms. The molecule has 0 radical (unpaired) electrons. The van der Waals surface area contributed by atoms with Crippen molar-refractivity contribution in [3.05, 3.63) is 97.2 Å². The summed E-state index contributed by atoms with van der Waals surface area (Å²) in [4.78, 5) is 25.8. The van der Waals surface area contributed by atoms with Gasteiger partial charge in [0.25, 0.3) is 0 Å². The van der Waals surface area contributed by atoms with Gasteiger partial charge in [-0.2, -0.15) is 0 Å². The molecule has 0 aromatic heterocycles. The van der Waals surface area contributed by atoms with Crippen LogP contribution in [-0.2, 0) is 38.0 Å². The summed E-state index contributed by atoms with van der Waals surface area (Å²) in [7, 11) is 0. The molecule has 15 nitrogen and oxygen atoms in total. The van der Waals surface area contributed by atoms with Gasteiger partial charge in [-0.05, 0) is 83.5 Å². The van der Waals surface area contributed by atoms with E-state index in [9.17, 15) is 45.3 Å². The average Bonchev–Trinajstić information content (AvgIpc) is 3.39. The van der Waals surface area contributed by atoms with Crippen LogP contribution in [0.2, 0.25) is 0 Å². The Morgan fingerprint density at radius 1 is 0.446 bits per heavy atom. The number of carbonyl (C=O) groups excluding carboxylic acids is 2. The van der Waals surface area contributed by atoms with Crippen molar-refractivity contribution < 1.29 is 73.8 Å². The molecule has 0 aromatic carbocycles. The minimum absolute atomic E-state index is 0.0864. The molecule has 2 fully saturated rings. The first kappa shape index (κ1) is 66.5. The summed E-state index contributed by atoms with van der Waals surface area (Å²) in [6.45, 7) is 2.36. The molecule has 74 heavy (non-hydrogen) atoms. The average molecular weight is 1050 g/mol.